The topological polar surface area (TPSA) is 38.9 Å². The number of hydrogen-bond donors (Lipinski definition) is 1. The third-order valence-electron chi connectivity index (χ3n) is 2.02. The van der Waals surface area contributed by atoms with Crippen LogP contribution < -0.4 is 5.73 Å². The largest absolute Gasteiger partial charge is 0.399 e. The van der Waals surface area contributed by atoms with E-state index in [4.69, 9.17) is 17.3 Å². The highest BCUT2D eigenvalue weighted by molar-refractivity contribution is 8.00. The molecule has 1 aromatic heterocycles. The van der Waals surface area contributed by atoms with Crippen molar-refractivity contribution in [3.05, 3.63) is 39.9 Å². The lowest BCUT2D eigenvalue weighted by Crippen LogP contribution is -1.88. The molecule has 0 aliphatic carbocycles. The summed E-state index contributed by atoms with van der Waals surface area (Å²) in [7, 11) is 0. The van der Waals surface area contributed by atoms with Gasteiger partial charge in [-0.1, -0.05) is 23.4 Å². The van der Waals surface area contributed by atoms with Gasteiger partial charge in [0.15, 0.2) is 0 Å². The van der Waals surface area contributed by atoms with Gasteiger partial charge in [-0.2, -0.15) is 0 Å². The first kappa shape index (κ1) is 11.8. The number of thioether (sulfide) groups is 1. The molecule has 0 fully saturated rings. The SMILES string of the molecule is Cc1csc(SCc2cc(N)ccc2Cl)n1. The molecule has 0 unspecified atom stereocenters. The number of aromatic nitrogens is 1. The van der Waals surface area contributed by atoms with Crippen molar-refractivity contribution in [2.24, 2.45) is 0 Å². The number of halogens is 1. The Bertz CT molecular complexity index is 496. The maximum absolute atomic E-state index is 6.08. The van der Waals surface area contributed by atoms with Crippen LogP contribution in [0.5, 0.6) is 0 Å². The summed E-state index contributed by atoms with van der Waals surface area (Å²) in [5, 5.41) is 2.80. The number of thiazole rings is 1. The van der Waals surface area contributed by atoms with Crippen LogP contribution in [-0.4, -0.2) is 4.98 Å². The minimum absolute atomic E-state index is 0.746. The Balaban J connectivity index is 2.07. The van der Waals surface area contributed by atoms with Gasteiger partial charge in [0, 0.05) is 27.5 Å². The molecule has 5 heteroatoms. The monoisotopic (exact) mass is 270 g/mol. The number of aryl methyl sites for hydroxylation is 1. The van der Waals surface area contributed by atoms with Gasteiger partial charge in [0.2, 0.25) is 0 Å². The second kappa shape index (κ2) is 5.08. The molecule has 0 atom stereocenters. The zero-order chi connectivity index (χ0) is 11.5. The molecule has 0 radical (unpaired) electrons. The van der Waals surface area contributed by atoms with E-state index in [2.05, 4.69) is 4.98 Å². The van der Waals surface area contributed by atoms with Gasteiger partial charge in [0.1, 0.15) is 4.34 Å². The lowest BCUT2D eigenvalue weighted by Gasteiger charge is -2.03. The van der Waals surface area contributed by atoms with E-state index in [9.17, 15) is 0 Å². The Hall–Kier alpha value is -0.710. The van der Waals surface area contributed by atoms with Crippen molar-refractivity contribution >= 4 is 40.4 Å². The van der Waals surface area contributed by atoms with Crippen LogP contribution in [0.25, 0.3) is 0 Å². The highest BCUT2D eigenvalue weighted by Gasteiger charge is 2.04. The van der Waals surface area contributed by atoms with Crippen LogP contribution in [0, 0.1) is 6.92 Å². The molecule has 0 amide bonds. The van der Waals surface area contributed by atoms with Crippen molar-refractivity contribution in [3.8, 4) is 0 Å². The second-order valence-electron chi connectivity index (χ2n) is 3.39. The van der Waals surface area contributed by atoms with Crippen molar-refractivity contribution < 1.29 is 0 Å². The number of nitrogen functional groups attached to an aromatic ring is 1. The van der Waals surface area contributed by atoms with Gasteiger partial charge in [-0.3, -0.25) is 0 Å². The molecule has 84 valence electrons. The molecule has 2 rings (SSSR count). The molecule has 1 aromatic carbocycles. The van der Waals surface area contributed by atoms with Gasteiger partial charge in [0.05, 0.1) is 0 Å². The Morgan fingerprint density at radius 2 is 2.31 bits per heavy atom. The van der Waals surface area contributed by atoms with E-state index in [1.54, 1.807) is 23.1 Å². The number of nitrogens with zero attached hydrogens (tertiary/aromatic N) is 1. The molecule has 2 N–H and O–H groups in total. The van der Waals surface area contributed by atoms with Crippen LogP contribution in [-0.2, 0) is 5.75 Å². The average Bonchev–Trinajstić information content (AvgIpc) is 2.66. The highest BCUT2D eigenvalue weighted by atomic mass is 35.5. The van der Waals surface area contributed by atoms with Crippen LogP contribution in [0.15, 0.2) is 27.9 Å². The summed E-state index contributed by atoms with van der Waals surface area (Å²) in [5.41, 5.74) is 8.58. The molecule has 16 heavy (non-hydrogen) atoms. The van der Waals surface area contributed by atoms with Crippen molar-refractivity contribution in [2.45, 2.75) is 17.0 Å². The molecule has 0 saturated heterocycles. The molecule has 1 heterocycles. The van der Waals surface area contributed by atoms with E-state index in [1.165, 1.54) is 0 Å². The van der Waals surface area contributed by atoms with Crippen molar-refractivity contribution in [1.29, 1.82) is 0 Å². The predicted molar refractivity (Wildman–Crippen MR) is 72.3 cm³/mol. The maximum atomic E-state index is 6.08. The Morgan fingerprint density at radius 3 is 3.00 bits per heavy atom. The average molecular weight is 271 g/mol. The number of hydrogen-bond acceptors (Lipinski definition) is 4. The molecule has 0 spiro atoms. The fourth-order valence-electron chi connectivity index (χ4n) is 1.24. The van der Waals surface area contributed by atoms with Crippen molar-refractivity contribution in [2.75, 3.05) is 5.73 Å². The third kappa shape index (κ3) is 2.90. The summed E-state index contributed by atoms with van der Waals surface area (Å²) >= 11 is 9.42. The minimum Gasteiger partial charge on any atom is -0.399 e. The van der Waals surface area contributed by atoms with E-state index in [0.717, 1.165) is 32.1 Å². The van der Waals surface area contributed by atoms with Gasteiger partial charge < -0.3 is 5.73 Å². The predicted octanol–water partition coefficient (Wildman–Crippen LogP) is 3.98. The molecule has 0 aliphatic rings. The number of anilines is 1. The van der Waals surface area contributed by atoms with Crippen molar-refractivity contribution in [1.82, 2.24) is 4.98 Å². The van der Waals surface area contributed by atoms with Crippen LogP contribution >= 0.6 is 34.7 Å². The molecule has 2 aromatic rings. The van der Waals surface area contributed by atoms with E-state index < -0.39 is 0 Å². The van der Waals surface area contributed by atoms with Crippen LogP contribution in [0.1, 0.15) is 11.3 Å². The summed E-state index contributed by atoms with van der Waals surface area (Å²) in [6.07, 6.45) is 0. The van der Waals surface area contributed by atoms with Crippen LogP contribution in [0.4, 0.5) is 5.69 Å². The maximum Gasteiger partial charge on any atom is 0.150 e. The molecule has 0 bridgehead atoms. The van der Waals surface area contributed by atoms with Crippen LogP contribution in [0.2, 0.25) is 5.02 Å². The molecular formula is C11H11ClN2S2. The van der Waals surface area contributed by atoms with Gasteiger partial charge in [-0.05, 0) is 30.7 Å². The number of benzene rings is 1. The first-order valence-corrected chi connectivity index (χ1v) is 6.98. The first-order valence-electron chi connectivity index (χ1n) is 4.74. The van der Waals surface area contributed by atoms with E-state index in [-0.39, 0.29) is 0 Å². The summed E-state index contributed by atoms with van der Waals surface area (Å²) in [4.78, 5) is 4.38. The second-order valence-corrected chi connectivity index (χ2v) is 5.88. The summed E-state index contributed by atoms with van der Waals surface area (Å²) < 4.78 is 1.07. The van der Waals surface area contributed by atoms with Crippen molar-refractivity contribution in [3.63, 3.8) is 0 Å². The van der Waals surface area contributed by atoms with E-state index >= 15 is 0 Å². The normalized spacial score (nSPS) is 10.6. The molecular weight excluding hydrogens is 260 g/mol. The summed E-state index contributed by atoms with van der Waals surface area (Å²) in [6, 6.07) is 5.56. The Morgan fingerprint density at radius 1 is 1.50 bits per heavy atom. The van der Waals surface area contributed by atoms with Gasteiger partial charge in [-0.15, -0.1) is 11.3 Å². The smallest absolute Gasteiger partial charge is 0.150 e. The highest BCUT2D eigenvalue weighted by Crippen LogP contribution is 2.29. The first-order chi connectivity index (χ1) is 7.65. The Labute approximate surface area is 108 Å². The van der Waals surface area contributed by atoms with Crippen LogP contribution in [0.3, 0.4) is 0 Å². The molecule has 2 nitrogen and oxygen atoms in total. The fourth-order valence-corrected chi connectivity index (χ4v) is 3.35. The molecule has 0 saturated carbocycles. The fraction of sp³-hybridized carbons (Fsp3) is 0.182. The number of rotatable bonds is 3. The Kier molecular flexibility index (Phi) is 3.74. The zero-order valence-electron chi connectivity index (χ0n) is 8.74. The minimum atomic E-state index is 0.746. The molecule has 0 aliphatic heterocycles. The lowest BCUT2D eigenvalue weighted by atomic mass is 10.2. The standard InChI is InChI=1S/C11H11ClN2S2/c1-7-5-15-11(14-7)16-6-8-4-9(13)2-3-10(8)12/h2-5H,6,13H2,1H3. The summed E-state index contributed by atoms with van der Waals surface area (Å²) in [6.45, 7) is 1.99. The van der Waals surface area contributed by atoms with Gasteiger partial charge in [0.25, 0.3) is 0 Å². The summed E-state index contributed by atoms with van der Waals surface area (Å²) in [5.74, 6) is 0.802. The van der Waals surface area contributed by atoms with E-state index in [1.807, 2.05) is 30.5 Å². The number of nitrogens with two attached hydrogens (primary N) is 1. The lowest BCUT2D eigenvalue weighted by molar-refractivity contribution is 1.16. The third-order valence-corrected chi connectivity index (χ3v) is 4.58. The van der Waals surface area contributed by atoms with Gasteiger partial charge in [-0.25, -0.2) is 4.98 Å². The zero-order valence-corrected chi connectivity index (χ0v) is 11.1. The quantitative estimate of drug-likeness (QED) is 0.677. The van der Waals surface area contributed by atoms with Gasteiger partial charge >= 0.3 is 0 Å². The van der Waals surface area contributed by atoms with E-state index in [0.29, 0.717) is 0 Å².